The van der Waals surface area contributed by atoms with Crippen molar-refractivity contribution in [2.45, 2.75) is 54.4 Å². The Morgan fingerprint density at radius 3 is 1.28 bits per heavy atom. The molecule has 0 N–H and O–H groups in total. The Kier molecular flexibility index (Phi) is 6.36. The summed E-state index contributed by atoms with van der Waals surface area (Å²) in [4.78, 5) is 23.3. The summed E-state index contributed by atoms with van der Waals surface area (Å²) in [6.07, 6.45) is 1.43. The minimum Gasteiger partial charge on any atom is -0.462 e. The summed E-state index contributed by atoms with van der Waals surface area (Å²) in [7, 11) is 0. The molecule has 18 heavy (non-hydrogen) atoms. The third-order valence-electron chi connectivity index (χ3n) is 3.42. The molecule has 0 fully saturated rings. The normalized spacial score (nSPS) is 12.1. The second kappa shape index (κ2) is 6.76. The molecule has 0 atom stereocenters. The third-order valence-corrected chi connectivity index (χ3v) is 3.42. The van der Waals surface area contributed by atoms with Crippen LogP contribution < -0.4 is 0 Å². The second-order valence-electron chi connectivity index (χ2n) is 5.75. The summed E-state index contributed by atoms with van der Waals surface area (Å²) in [5.41, 5.74) is -0.959. The lowest BCUT2D eigenvalue weighted by molar-refractivity contribution is -0.163. The lowest BCUT2D eigenvalue weighted by Gasteiger charge is -2.22. The fourth-order valence-corrected chi connectivity index (χ4v) is 0.948. The second-order valence-corrected chi connectivity index (χ2v) is 5.75. The van der Waals surface area contributed by atoms with E-state index in [9.17, 15) is 9.59 Å². The topological polar surface area (TPSA) is 52.6 Å². The first-order valence-electron chi connectivity index (χ1n) is 6.52. The van der Waals surface area contributed by atoms with Crippen LogP contribution in [-0.4, -0.2) is 25.2 Å². The highest BCUT2D eigenvalue weighted by Crippen LogP contribution is 2.22. The van der Waals surface area contributed by atoms with E-state index in [0.717, 1.165) is 0 Å². The van der Waals surface area contributed by atoms with Crippen LogP contribution in [0.1, 0.15) is 54.4 Å². The predicted octanol–water partition coefficient (Wildman–Crippen LogP) is 2.95. The Balaban J connectivity index is 3.96. The standard InChI is InChI=1S/C14H26O4/c1-7-13(3,4)11(15)17-9-10-18-12(16)14(5,6)8-2/h7-10H2,1-6H3. The van der Waals surface area contributed by atoms with Crippen LogP contribution in [0.15, 0.2) is 0 Å². The van der Waals surface area contributed by atoms with E-state index in [-0.39, 0.29) is 25.2 Å². The summed E-state index contributed by atoms with van der Waals surface area (Å²) >= 11 is 0. The van der Waals surface area contributed by atoms with E-state index in [2.05, 4.69) is 0 Å². The highest BCUT2D eigenvalue weighted by Gasteiger charge is 2.28. The summed E-state index contributed by atoms with van der Waals surface area (Å²) < 4.78 is 10.2. The Morgan fingerprint density at radius 1 is 0.778 bits per heavy atom. The van der Waals surface area contributed by atoms with Crippen molar-refractivity contribution < 1.29 is 19.1 Å². The fraction of sp³-hybridized carbons (Fsp3) is 0.857. The van der Waals surface area contributed by atoms with Gasteiger partial charge in [0.15, 0.2) is 0 Å². The molecular weight excluding hydrogens is 232 g/mol. The summed E-state index contributed by atoms with van der Waals surface area (Å²) in [5.74, 6) is -0.508. The van der Waals surface area contributed by atoms with Crippen molar-refractivity contribution in [3.63, 3.8) is 0 Å². The van der Waals surface area contributed by atoms with Gasteiger partial charge < -0.3 is 9.47 Å². The van der Waals surface area contributed by atoms with Crippen LogP contribution in [0.4, 0.5) is 0 Å². The maximum absolute atomic E-state index is 11.6. The number of rotatable bonds is 7. The summed E-state index contributed by atoms with van der Waals surface area (Å²) in [6.45, 7) is 11.4. The molecule has 0 radical (unpaired) electrons. The number of esters is 2. The summed E-state index contributed by atoms with van der Waals surface area (Å²) in [5, 5.41) is 0. The smallest absolute Gasteiger partial charge is 0.311 e. The Bertz CT molecular complexity index is 262. The number of ether oxygens (including phenoxy) is 2. The van der Waals surface area contributed by atoms with Crippen LogP contribution in [0.2, 0.25) is 0 Å². The first kappa shape index (κ1) is 16.9. The molecule has 0 amide bonds. The van der Waals surface area contributed by atoms with Gasteiger partial charge in [-0.15, -0.1) is 0 Å². The van der Waals surface area contributed by atoms with Crippen LogP contribution in [-0.2, 0) is 19.1 Å². The molecule has 0 aromatic heterocycles. The molecule has 0 aliphatic rings. The first-order chi connectivity index (χ1) is 8.17. The quantitative estimate of drug-likeness (QED) is 0.520. The van der Waals surface area contributed by atoms with Gasteiger partial charge in [0.1, 0.15) is 13.2 Å². The Morgan fingerprint density at radius 2 is 1.06 bits per heavy atom. The summed E-state index contributed by atoms with van der Waals surface area (Å²) in [6, 6.07) is 0. The number of carbonyl (C=O) groups excluding carboxylic acids is 2. The monoisotopic (exact) mass is 258 g/mol. The molecule has 0 unspecified atom stereocenters. The van der Waals surface area contributed by atoms with Crippen molar-refractivity contribution in [1.82, 2.24) is 0 Å². The van der Waals surface area contributed by atoms with Gasteiger partial charge in [-0.1, -0.05) is 13.8 Å². The van der Waals surface area contributed by atoms with Crippen LogP contribution in [0.3, 0.4) is 0 Å². The minimum atomic E-state index is -0.479. The highest BCUT2D eigenvalue weighted by atomic mass is 16.6. The zero-order valence-corrected chi connectivity index (χ0v) is 12.5. The van der Waals surface area contributed by atoms with Crippen LogP contribution in [0.5, 0.6) is 0 Å². The van der Waals surface area contributed by atoms with Gasteiger partial charge in [-0.2, -0.15) is 0 Å². The van der Waals surface area contributed by atoms with Crippen molar-refractivity contribution in [3.8, 4) is 0 Å². The SMILES string of the molecule is CCC(C)(C)C(=O)OCCOC(=O)C(C)(C)CC. The zero-order valence-electron chi connectivity index (χ0n) is 12.5. The average Bonchev–Trinajstić information content (AvgIpc) is 2.33. The van der Waals surface area contributed by atoms with Gasteiger partial charge in [-0.25, -0.2) is 0 Å². The maximum atomic E-state index is 11.6. The van der Waals surface area contributed by atoms with E-state index in [1.54, 1.807) is 0 Å². The molecule has 0 saturated carbocycles. The Hall–Kier alpha value is -1.06. The average molecular weight is 258 g/mol. The molecule has 106 valence electrons. The van der Waals surface area contributed by atoms with Crippen LogP contribution in [0, 0.1) is 10.8 Å². The molecule has 0 saturated heterocycles. The molecule has 0 rings (SSSR count). The highest BCUT2D eigenvalue weighted by molar-refractivity contribution is 5.76. The van der Waals surface area contributed by atoms with Crippen molar-refractivity contribution in [3.05, 3.63) is 0 Å². The molecule has 0 heterocycles. The molecule has 0 aliphatic carbocycles. The largest absolute Gasteiger partial charge is 0.462 e. The van der Waals surface area contributed by atoms with Crippen molar-refractivity contribution in [2.24, 2.45) is 10.8 Å². The van der Waals surface area contributed by atoms with Gasteiger partial charge in [-0.05, 0) is 40.5 Å². The van der Waals surface area contributed by atoms with Crippen molar-refractivity contribution >= 4 is 11.9 Å². The molecule has 4 heteroatoms. The van der Waals surface area contributed by atoms with E-state index in [1.165, 1.54) is 0 Å². The van der Waals surface area contributed by atoms with Crippen molar-refractivity contribution in [2.75, 3.05) is 13.2 Å². The van der Waals surface area contributed by atoms with Crippen LogP contribution in [0.25, 0.3) is 0 Å². The van der Waals surface area contributed by atoms with Gasteiger partial charge >= 0.3 is 11.9 Å². The molecule has 0 spiro atoms. The lowest BCUT2D eigenvalue weighted by Crippen LogP contribution is -2.29. The molecule has 0 aromatic carbocycles. The molecule has 4 nitrogen and oxygen atoms in total. The van der Waals surface area contributed by atoms with Gasteiger partial charge in [0.2, 0.25) is 0 Å². The third kappa shape index (κ3) is 5.07. The van der Waals surface area contributed by atoms with Crippen molar-refractivity contribution in [1.29, 1.82) is 0 Å². The molecule has 0 aliphatic heterocycles. The first-order valence-corrected chi connectivity index (χ1v) is 6.52. The maximum Gasteiger partial charge on any atom is 0.311 e. The van der Waals surface area contributed by atoms with Gasteiger partial charge in [0.05, 0.1) is 10.8 Å². The van der Waals surface area contributed by atoms with Crippen LogP contribution >= 0.6 is 0 Å². The van der Waals surface area contributed by atoms with Gasteiger partial charge in [0, 0.05) is 0 Å². The minimum absolute atomic E-state index is 0.119. The number of hydrogen-bond donors (Lipinski definition) is 0. The number of hydrogen-bond acceptors (Lipinski definition) is 4. The van der Waals surface area contributed by atoms with E-state index in [0.29, 0.717) is 12.8 Å². The molecular formula is C14H26O4. The van der Waals surface area contributed by atoms with Gasteiger partial charge in [-0.3, -0.25) is 9.59 Å². The number of carbonyl (C=O) groups is 2. The molecule has 0 bridgehead atoms. The zero-order chi connectivity index (χ0) is 14.4. The van der Waals surface area contributed by atoms with E-state index in [4.69, 9.17) is 9.47 Å². The lowest BCUT2D eigenvalue weighted by atomic mass is 9.90. The molecule has 0 aromatic rings. The fourth-order valence-electron chi connectivity index (χ4n) is 0.948. The predicted molar refractivity (Wildman–Crippen MR) is 70.1 cm³/mol. The van der Waals surface area contributed by atoms with E-state index < -0.39 is 10.8 Å². The van der Waals surface area contributed by atoms with E-state index >= 15 is 0 Å². The Labute approximate surface area is 110 Å². The van der Waals surface area contributed by atoms with E-state index in [1.807, 2.05) is 41.5 Å². The van der Waals surface area contributed by atoms with Gasteiger partial charge in [0.25, 0.3) is 0 Å².